The molecule has 0 aliphatic rings. The van der Waals surface area contributed by atoms with Gasteiger partial charge < -0.3 is 0 Å². The molecule has 0 radical (unpaired) electrons. The standard InChI is InChI=1S/C9H8F4O2S/c1-3-4-5(10)7(12)9(16(2,14)15)8(13)6(4)11/h3H2,1-2H3. The lowest BCUT2D eigenvalue weighted by molar-refractivity contribution is 0.409. The number of sulfone groups is 1. The van der Waals surface area contributed by atoms with E-state index in [1.54, 1.807) is 0 Å². The summed E-state index contributed by atoms with van der Waals surface area (Å²) in [6.07, 6.45) is 0.189. The van der Waals surface area contributed by atoms with E-state index in [-0.39, 0.29) is 6.42 Å². The molecule has 0 aliphatic heterocycles. The summed E-state index contributed by atoms with van der Waals surface area (Å²) in [6.45, 7) is 1.29. The van der Waals surface area contributed by atoms with Gasteiger partial charge in [0, 0.05) is 11.8 Å². The van der Waals surface area contributed by atoms with Gasteiger partial charge in [-0.15, -0.1) is 0 Å². The predicted molar refractivity (Wildman–Crippen MR) is 48.8 cm³/mol. The number of benzene rings is 1. The lowest BCUT2D eigenvalue weighted by Crippen LogP contribution is -2.12. The number of hydrogen-bond donors (Lipinski definition) is 0. The maximum Gasteiger partial charge on any atom is 0.181 e. The lowest BCUT2D eigenvalue weighted by atomic mass is 10.1. The summed E-state index contributed by atoms with van der Waals surface area (Å²) in [6, 6.07) is 0. The molecule has 1 rings (SSSR count). The molecule has 1 aromatic rings. The van der Waals surface area contributed by atoms with Gasteiger partial charge in [-0.3, -0.25) is 0 Å². The Labute approximate surface area is 89.8 Å². The minimum absolute atomic E-state index is 0.282. The molecule has 0 aromatic heterocycles. The van der Waals surface area contributed by atoms with Crippen molar-refractivity contribution in [3.63, 3.8) is 0 Å². The quantitative estimate of drug-likeness (QED) is 0.600. The van der Waals surface area contributed by atoms with Crippen LogP contribution in [0.5, 0.6) is 0 Å². The summed E-state index contributed by atoms with van der Waals surface area (Å²) >= 11 is 0. The zero-order valence-electron chi connectivity index (χ0n) is 8.44. The van der Waals surface area contributed by atoms with Gasteiger partial charge in [-0.2, -0.15) is 0 Å². The molecule has 0 atom stereocenters. The molecule has 16 heavy (non-hydrogen) atoms. The molecule has 0 fully saturated rings. The van der Waals surface area contributed by atoms with Gasteiger partial charge in [0.1, 0.15) is 4.90 Å². The lowest BCUT2D eigenvalue weighted by Gasteiger charge is -2.09. The minimum atomic E-state index is -4.36. The molecular weight excluding hydrogens is 248 g/mol. The molecule has 7 heteroatoms. The Kier molecular flexibility index (Phi) is 3.27. The second-order valence-corrected chi connectivity index (χ2v) is 5.14. The van der Waals surface area contributed by atoms with Crippen LogP contribution in [-0.2, 0) is 16.3 Å². The van der Waals surface area contributed by atoms with Crippen LogP contribution in [0.2, 0.25) is 0 Å². The van der Waals surface area contributed by atoms with Gasteiger partial charge in [0.2, 0.25) is 0 Å². The van der Waals surface area contributed by atoms with Gasteiger partial charge in [0.05, 0.1) is 0 Å². The summed E-state index contributed by atoms with van der Waals surface area (Å²) in [5.41, 5.74) is -0.803. The number of halogens is 4. The molecule has 0 bridgehead atoms. The van der Waals surface area contributed by atoms with Crippen molar-refractivity contribution in [1.29, 1.82) is 0 Å². The highest BCUT2D eigenvalue weighted by Crippen LogP contribution is 2.27. The van der Waals surface area contributed by atoms with Crippen LogP contribution in [0.3, 0.4) is 0 Å². The second kappa shape index (κ2) is 4.04. The monoisotopic (exact) mass is 256 g/mol. The summed E-state index contributed by atoms with van der Waals surface area (Å²) in [5.74, 6) is -7.08. The van der Waals surface area contributed by atoms with Crippen molar-refractivity contribution in [2.45, 2.75) is 18.2 Å². The van der Waals surface area contributed by atoms with Crippen LogP contribution in [0, 0.1) is 23.3 Å². The van der Waals surface area contributed by atoms with Crippen LogP contribution in [0.25, 0.3) is 0 Å². The summed E-state index contributed by atoms with van der Waals surface area (Å²) in [4.78, 5) is -1.57. The van der Waals surface area contributed by atoms with Gasteiger partial charge in [-0.1, -0.05) is 6.92 Å². The van der Waals surface area contributed by atoms with Crippen molar-refractivity contribution >= 4 is 9.84 Å². The fourth-order valence-corrected chi connectivity index (χ4v) is 2.12. The van der Waals surface area contributed by atoms with Crippen molar-refractivity contribution in [3.8, 4) is 0 Å². The Balaban J connectivity index is 3.82. The highest BCUT2D eigenvalue weighted by molar-refractivity contribution is 7.90. The minimum Gasteiger partial charge on any atom is -0.224 e. The molecule has 0 aliphatic carbocycles. The zero-order valence-corrected chi connectivity index (χ0v) is 9.26. The van der Waals surface area contributed by atoms with Gasteiger partial charge in [-0.05, 0) is 6.42 Å². The van der Waals surface area contributed by atoms with Crippen LogP contribution in [0.4, 0.5) is 17.6 Å². The van der Waals surface area contributed by atoms with E-state index in [9.17, 15) is 26.0 Å². The Bertz CT molecular complexity index is 508. The SMILES string of the molecule is CCc1c(F)c(F)c(S(C)(=O)=O)c(F)c1F. The van der Waals surface area contributed by atoms with Gasteiger partial charge in [-0.25, -0.2) is 26.0 Å². The van der Waals surface area contributed by atoms with E-state index in [1.807, 2.05) is 0 Å². The average molecular weight is 256 g/mol. The molecule has 0 spiro atoms. The molecule has 0 unspecified atom stereocenters. The fourth-order valence-electron chi connectivity index (χ4n) is 1.29. The molecule has 0 amide bonds. The van der Waals surface area contributed by atoms with Crippen molar-refractivity contribution in [1.82, 2.24) is 0 Å². The van der Waals surface area contributed by atoms with Crippen molar-refractivity contribution in [2.75, 3.05) is 6.26 Å². The molecule has 90 valence electrons. The second-order valence-electron chi connectivity index (χ2n) is 3.19. The van der Waals surface area contributed by atoms with E-state index in [0.717, 1.165) is 0 Å². The largest absolute Gasteiger partial charge is 0.224 e. The molecule has 0 saturated heterocycles. The van der Waals surface area contributed by atoms with E-state index in [4.69, 9.17) is 0 Å². The molecule has 0 N–H and O–H groups in total. The third-order valence-electron chi connectivity index (χ3n) is 2.04. The van der Waals surface area contributed by atoms with Gasteiger partial charge in [0.15, 0.2) is 33.1 Å². The average Bonchev–Trinajstić information content (AvgIpc) is 2.14. The first-order chi connectivity index (χ1) is 7.21. The molecule has 1 aromatic carbocycles. The van der Waals surface area contributed by atoms with E-state index in [0.29, 0.717) is 6.26 Å². The topological polar surface area (TPSA) is 34.1 Å². The first kappa shape index (κ1) is 13.0. The van der Waals surface area contributed by atoms with Crippen molar-refractivity contribution in [2.24, 2.45) is 0 Å². The molecule has 2 nitrogen and oxygen atoms in total. The van der Waals surface area contributed by atoms with E-state index < -0.39 is 43.6 Å². The van der Waals surface area contributed by atoms with E-state index in [1.165, 1.54) is 6.92 Å². The van der Waals surface area contributed by atoms with Crippen LogP contribution >= 0.6 is 0 Å². The Hall–Kier alpha value is -1.11. The summed E-state index contributed by atoms with van der Waals surface area (Å²) < 4.78 is 74.8. The Morgan fingerprint density at radius 1 is 0.938 bits per heavy atom. The smallest absolute Gasteiger partial charge is 0.181 e. The highest BCUT2D eigenvalue weighted by Gasteiger charge is 2.29. The first-order valence-electron chi connectivity index (χ1n) is 4.26. The first-order valence-corrected chi connectivity index (χ1v) is 6.15. The number of rotatable bonds is 2. The van der Waals surface area contributed by atoms with Crippen LogP contribution in [-0.4, -0.2) is 14.7 Å². The highest BCUT2D eigenvalue weighted by atomic mass is 32.2. The molecule has 0 saturated carbocycles. The normalized spacial score (nSPS) is 11.9. The summed E-state index contributed by atoms with van der Waals surface area (Å²) in [5, 5.41) is 0. The fraction of sp³-hybridized carbons (Fsp3) is 0.333. The summed E-state index contributed by atoms with van der Waals surface area (Å²) in [7, 11) is -4.36. The van der Waals surface area contributed by atoms with Crippen LogP contribution in [0.1, 0.15) is 12.5 Å². The van der Waals surface area contributed by atoms with Crippen LogP contribution < -0.4 is 0 Å². The number of hydrogen-bond acceptors (Lipinski definition) is 2. The van der Waals surface area contributed by atoms with Crippen molar-refractivity contribution < 1.29 is 26.0 Å². The van der Waals surface area contributed by atoms with E-state index in [2.05, 4.69) is 0 Å². The maximum atomic E-state index is 13.2. The zero-order chi connectivity index (χ0) is 12.7. The predicted octanol–water partition coefficient (Wildman–Crippen LogP) is 2.21. The van der Waals surface area contributed by atoms with Gasteiger partial charge in [0.25, 0.3) is 0 Å². The van der Waals surface area contributed by atoms with Crippen LogP contribution in [0.15, 0.2) is 4.90 Å². The van der Waals surface area contributed by atoms with Crippen molar-refractivity contribution in [3.05, 3.63) is 28.8 Å². The van der Waals surface area contributed by atoms with E-state index >= 15 is 0 Å². The molecular formula is C9H8F4O2S. The third-order valence-corrected chi connectivity index (χ3v) is 3.14. The maximum absolute atomic E-state index is 13.2. The van der Waals surface area contributed by atoms with Gasteiger partial charge >= 0.3 is 0 Å². The Morgan fingerprint density at radius 3 is 1.56 bits per heavy atom. The Morgan fingerprint density at radius 2 is 1.31 bits per heavy atom. The molecule has 0 heterocycles. The third kappa shape index (κ3) is 1.91.